The number of amides is 3. The Hall–Kier alpha value is -2.32. The zero-order valence-corrected chi connectivity index (χ0v) is 10.5. The summed E-state index contributed by atoms with van der Waals surface area (Å²) in [6.45, 7) is 1.23. The normalized spacial score (nSPS) is 11.0. The van der Waals surface area contributed by atoms with E-state index in [0.717, 1.165) is 0 Å². The molecule has 0 fully saturated rings. The van der Waals surface area contributed by atoms with E-state index in [-0.39, 0.29) is 6.54 Å². The highest BCUT2D eigenvalue weighted by atomic mass is 19.4. The van der Waals surface area contributed by atoms with E-state index < -0.39 is 35.8 Å². The maximum absolute atomic E-state index is 12.5. The number of alkyl halides is 3. The molecule has 20 heavy (non-hydrogen) atoms. The second kappa shape index (κ2) is 6.22. The second-order valence-electron chi connectivity index (χ2n) is 3.79. The molecular weight excluding hydrogens is 279 g/mol. The molecule has 9 heteroatoms. The van der Waals surface area contributed by atoms with Crippen LogP contribution in [-0.4, -0.2) is 23.1 Å². The first-order valence-electron chi connectivity index (χ1n) is 5.59. The lowest BCUT2D eigenvalue weighted by molar-refractivity contribution is -0.138. The third kappa shape index (κ3) is 4.41. The fraction of sp³-hybridized carbons (Fsp3) is 0.364. The Labute approximate surface area is 111 Å². The summed E-state index contributed by atoms with van der Waals surface area (Å²) >= 11 is 0. The van der Waals surface area contributed by atoms with Gasteiger partial charge >= 0.3 is 12.2 Å². The highest BCUT2D eigenvalue weighted by Crippen LogP contribution is 2.27. The molecule has 0 saturated carbocycles. The maximum atomic E-state index is 12.5. The monoisotopic (exact) mass is 291 g/mol. The van der Waals surface area contributed by atoms with Crippen LogP contribution in [0.4, 0.5) is 18.0 Å². The van der Waals surface area contributed by atoms with Crippen molar-refractivity contribution >= 4 is 11.9 Å². The van der Waals surface area contributed by atoms with E-state index in [1.54, 1.807) is 6.92 Å². The number of halogens is 3. The Morgan fingerprint density at radius 2 is 1.95 bits per heavy atom. The molecule has 0 aliphatic heterocycles. The van der Waals surface area contributed by atoms with Crippen LogP contribution in [-0.2, 0) is 17.5 Å². The molecule has 0 aliphatic rings. The highest BCUT2D eigenvalue weighted by Gasteiger charge is 2.31. The molecule has 0 radical (unpaired) electrons. The van der Waals surface area contributed by atoms with E-state index in [0.29, 0.717) is 22.9 Å². The number of hydrogen-bond donors (Lipinski definition) is 2. The van der Waals surface area contributed by atoms with Crippen molar-refractivity contribution in [3.63, 3.8) is 0 Å². The first kappa shape index (κ1) is 15.7. The van der Waals surface area contributed by atoms with Gasteiger partial charge in [-0.15, -0.1) is 0 Å². The maximum Gasteiger partial charge on any atom is 0.417 e. The van der Waals surface area contributed by atoms with Gasteiger partial charge in [-0.1, -0.05) is 0 Å². The van der Waals surface area contributed by atoms with E-state index in [1.165, 1.54) is 0 Å². The number of pyridine rings is 1. The zero-order chi connectivity index (χ0) is 15.3. The number of nitrogens with zero attached hydrogens (tertiary/aromatic N) is 1. The molecule has 1 rings (SSSR count). The minimum absolute atomic E-state index is 0.280. The highest BCUT2D eigenvalue weighted by molar-refractivity contribution is 5.94. The van der Waals surface area contributed by atoms with Crippen molar-refractivity contribution in [3.8, 4) is 0 Å². The third-order valence-corrected chi connectivity index (χ3v) is 2.22. The van der Waals surface area contributed by atoms with Gasteiger partial charge in [0.1, 0.15) is 6.54 Å². The van der Waals surface area contributed by atoms with Crippen molar-refractivity contribution < 1.29 is 22.8 Å². The average molecular weight is 291 g/mol. The second-order valence-corrected chi connectivity index (χ2v) is 3.79. The SMILES string of the molecule is CCNC(=O)NC(=O)Cn1cc(C(F)(F)F)ccc1=O. The van der Waals surface area contributed by atoms with Gasteiger partial charge in [0, 0.05) is 18.8 Å². The van der Waals surface area contributed by atoms with Crippen molar-refractivity contribution in [1.29, 1.82) is 0 Å². The van der Waals surface area contributed by atoms with Crippen LogP contribution in [0.1, 0.15) is 12.5 Å². The lowest BCUT2D eigenvalue weighted by Gasteiger charge is -2.10. The molecule has 1 aromatic rings. The molecule has 6 nitrogen and oxygen atoms in total. The standard InChI is InChI=1S/C11H12F3N3O3/c1-2-15-10(20)16-8(18)6-17-5-7(11(12,13)14)3-4-9(17)19/h3-5H,2,6H2,1H3,(H2,15,16,18,20). The minimum atomic E-state index is -4.62. The van der Waals surface area contributed by atoms with Crippen molar-refractivity contribution in [2.45, 2.75) is 19.6 Å². The van der Waals surface area contributed by atoms with E-state index >= 15 is 0 Å². The molecule has 1 aromatic heterocycles. The van der Waals surface area contributed by atoms with Crippen LogP contribution >= 0.6 is 0 Å². The summed E-state index contributed by atoms with van der Waals surface area (Å²) in [4.78, 5) is 33.8. The van der Waals surface area contributed by atoms with E-state index in [9.17, 15) is 27.6 Å². The predicted molar refractivity (Wildman–Crippen MR) is 62.9 cm³/mol. The fourth-order valence-corrected chi connectivity index (χ4v) is 1.35. The minimum Gasteiger partial charge on any atom is -0.338 e. The molecule has 0 atom stereocenters. The molecule has 0 bridgehead atoms. The van der Waals surface area contributed by atoms with Gasteiger partial charge < -0.3 is 9.88 Å². The van der Waals surface area contributed by atoms with Gasteiger partial charge in [-0.2, -0.15) is 13.2 Å². The van der Waals surface area contributed by atoms with Crippen molar-refractivity contribution in [1.82, 2.24) is 15.2 Å². The quantitative estimate of drug-likeness (QED) is 0.861. The summed E-state index contributed by atoms with van der Waals surface area (Å²) in [6.07, 6.45) is -4.09. The van der Waals surface area contributed by atoms with Crippen LogP contribution in [0.3, 0.4) is 0 Å². The molecule has 0 spiro atoms. The van der Waals surface area contributed by atoms with E-state index in [1.807, 2.05) is 5.32 Å². The lowest BCUT2D eigenvalue weighted by Crippen LogP contribution is -2.42. The molecule has 2 N–H and O–H groups in total. The average Bonchev–Trinajstić information content (AvgIpc) is 2.30. The number of nitrogens with one attached hydrogen (secondary N) is 2. The van der Waals surface area contributed by atoms with Crippen LogP contribution in [0.5, 0.6) is 0 Å². The Morgan fingerprint density at radius 3 is 2.50 bits per heavy atom. The third-order valence-electron chi connectivity index (χ3n) is 2.22. The van der Waals surface area contributed by atoms with Crippen LogP contribution in [0.2, 0.25) is 0 Å². The number of rotatable bonds is 3. The Kier molecular flexibility index (Phi) is 4.89. The molecule has 110 valence electrons. The topological polar surface area (TPSA) is 80.2 Å². The van der Waals surface area contributed by atoms with Crippen LogP contribution < -0.4 is 16.2 Å². The molecular formula is C11H12F3N3O3. The van der Waals surface area contributed by atoms with Gasteiger partial charge in [0.2, 0.25) is 5.91 Å². The number of imide groups is 1. The lowest BCUT2D eigenvalue weighted by atomic mass is 10.3. The first-order chi connectivity index (χ1) is 9.24. The molecule has 3 amide bonds. The zero-order valence-electron chi connectivity index (χ0n) is 10.5. The number of aromatic nitrogens is 1. The number of hydrogen-bond acceptors (Lipinski definition) is 3. The summed E-state index contributed by atoms with van der Waals surface area (Å²) in [5, 5.41) is 4.16. The predicted octanol–water partition coefficient (Wildman–Crippen LogP) is 0.713. The van der Waals surface area contributed by atoms with Gasteiger partial charge in [0.25, 0.3) is 5.56 Å². The van der Waals surface area contributed by atoms with Crippen LogP contribution in [0.25, 0.3) is 0 Å². The number of carbonyl (C=O) groups is 2. The summed E-state index contributed by atoms with van der Waals surface area (Å²) in [7, 11) is 0. The fourth-order valence-electron chi connectivity index (χ4n) is 1.35. The summed E-state index contributed by atoms with van der Waals surface area (Å²) in [5.41, 5.74) is -1.83. The molecule has 0 saturated heterocycles. The number of carbonyl (C=O) groups excluding carboxylic acids is 2. The van der Waals surface area contributed by atoms with Crippen molar-refractivity contribution in [2.24, 2.45) is 0 Å². The van der Waals surface area contributed by atoms with Gasteiger partial charge in [-0.25, -0.2) is 4.79 Å². The van der Waals surface area contributed by atoms with Gasteiger partial charge in [-0.3, -0.25) is 14.9 Å². The van der Waals surface area contributed by atoms with Crippen molar-refractivity contribution in [3.05, 3.63) is 34.2 Å². The Morgan fingerprint density at radius 1 is 1.30 bits per heavy atom. The Balaban J connectivity index is 2.84. The van der Waals surface area contributed by atoms with Gasteiger partial charge in [0.05, 0.1) is 5.56 Å². The molecule has 0 unspecified atom stereocenters. The summed E-state index contributed by atoms with van der Waals surface area (Å²) < 4.78 is 38.0. The van der Waals surface area contributed by atoms with E-state index in [4.69, 9.17) is 0 Å². The largest absolute Gasteiger partial charge is 0.417 e. The van der Waals surface area contributed by atoms with E-state index in [2.05, 4.69) is 5.32 Å². The first-order valence-corrected chi connectivity index (χ1v) is 5.59. The summed E-state index contributed by atoms with van der Waals surface area (Å²) in [6, 6.07) is 0.556. The molecule has 1 heterocycles. The number of urea groups is 1. The van der Waals surface area contributed by atoms with Crippen LogP contribution in [0.15, 0.2) is 23.1 Å². The molecule has 0 aromatic carbocycles. The molecule has 0 aliphatic carbocycles. The van der Waals surface area contributed by atoms with Gasteiger partial charge in [0.15, 0.2) is 0 Å². The van der Waals surface area contributed by atoms with Crippen molar-refractivity contribution in [2.75, 3.05) is 6.54 Å². The Bertz CT molecular complexity index is 566. The van der Waals surface area contributed by atoms with Crippen LogP contribution in [0, 0.1) is 0 Å². The van der Waals surface area contributed by atoms with Gasteiger partial charge in [-0.05, 0) is 13.0 Å². The smallest absolute Gasteiger partial charge is 0.338 e. The summed E-state index contributed by atoms with van der Waals surface area (Å²) in [5.74, 6) is -0.891.